The van der Waals surface area contributed by atoms with Crippen LogP contribution in [-0.2, 0) is 0 Å². The molecule has 0 spiro atoms. The van der Waals surface area contributed by atoms with Crippen molar-refractivity contribution in [3.05, 3.63) is 0 Å². The third kappa shape index (κ3) is 3.92. The Balaban J connectivity index is 1.75. The van der Waals surface area contributed by atoms with Crippen molar-refractivity contribution < 1.29 is 5.11 Å². The first-order valence-electron chi connectivity index (χ1n) is 7.57. The van der Waals surface area contributed by atoms with Crippen LogP contribution in [0.2, 0.25) is 0 Å². The average molecular weight is 255 g/mol. The summed E-state index contributed by atoms with van der Waals surface area (Å²) in [4.78, 5) is 4.97. The van der Waals surface area contributed by atoms with E-state index < -0.39 is 0 Å². The molecular weight excluding hydrogens is 226 g/mol. The van der Waals surface area contributed by atoms with Crippen LogP contribution in [0.4, 0.5) is 0 Å². The zero-order valence-electron chi connectivity index (χ0n) is 11.7. The molecule has 2 aliphatic rings. The zero-order chi connectivity index (χ0) is 13.0. The van der Waals surface area contributed by atoms with Crippen molar-refractivity contribution >= 4 is 0 Å². The van der Waals surface area contributed by atoms with E-state index in [1.54, 1.807) is 0 Å². The predicted octanol–water partition coefficient (Wildman–Crippen LogP) is 0.502. The van der Waals surface area contributed by atoms with Crippen LogP contribution in [0.5, 0.6) is 0 Å². The third-order valence-electron chi connectivity index (χ3n) is 4.39. The summed E-state index contributed by atoms with van der Waals surface area (Å²) in [6.45, 7) is 8.06. The SMILES string of the molecule is CCCC(N)C(CO)N1CCN(CC2CC2)CC1. The maximum Gasteiger partial charge on any atom is 0.0601 e. The van der Waals surface area contributed by atoms with Gasteiger partial charge in [0.2, 0.25) is 0 Å². The highest BCUT2D eigenvalue weighted by Gasteiger charge is 2.30. The molecule has 106 valence electrons. The van der Waals surface area contributed by atoms with Crippen molar-refractivity contribution in [3.63, 3.8) is 0 Å². The Labute approximate surface area is 111 Å². The van der Waals surface area contributed by atoms with E-state index in [4.69, 9.17) is 5.73 Å². The van der Waals surface area contributed by atoms with Crippen molar-refractivity contribution in [3.8, 4) is 0 Å². The van der Waals surface area contributed by atoms with Gasteiger partial charge in [0, 0.05) is 44.8 Å². The summed E-state index contributed by atoms with van der Waals surface area (Å²) < 4.78 is 0. The standard InChI is InChI=1S/C14H29N3O/c1-2-3-13(15)14(11-18)17-8-6-16(7-9-17)10-12-4-5-12/h12-14,18H,2-11,15H2,1H3. The molecule has 1 heterocycles. The number of nitrogens with two attached hydrogens (primary N) is 1. The fraction of sp³-hybridized carbons (Fsp3) is 1.00. The fourth-order valence-corrected chi connectivity index (χ4v) is 2.99. The molecule has 2 rings (SSSR count). The minimum absolute atomic E-state index is 0.120. The van der Waals surface area contributed by atoms with Gasteiger partial charge in [-0.2, -0.15) is 0 Å². The predicted molar refractivity (Wildman–Crippen MR) is 74.5 cm³/mol. The van der Waals surface area contributed by atoms with E-state index in [9.17, 15) is 5.11 Å². The maximum atomic E-state index is 9.56. The molecule has 0 bridgehead atoms. The van der Waals surface area contributed by atoms with E-state index in [0.29, 0.717) is 0 Å². The molecule has 0 amide bonds. The number of aliphatic hydroxyl groups excluding tert-OH is 1. The molecule has 18 heavy (non-hydrogen) atoms. The first-order chi connectivity index (χ1) is 8.74. The number of piperazine rings is 1. The highest BCUT2D eigenvalue weighted by Crippen LogP contribution is 2.30. The lowest BCUT2D eigenvalue weighted by atomic mass is 10.0. The molecule has 0 aromatic heterocycles. The Bertz CT molecular complexity index is 237. The van der Waals surface area contributed by atoms with Gasteiger partial charge in [0.1, 0.15) is 0 Å². The van der Waals surface area contributed by atoms with Crippen molar-refractivity contribution in [2.45, 2.75) is 44.7 Å². The molecule has 0 aromatic rings. The maximum absolute atomic E-state index is 9.56. The van der Waals surface area contributed by atoms with E-state index in [1.807, 2.05) is 0 Å². The second kappa shape index (κ2) is 6.85. The van der Waals surface area contributed by atoms with Gasteiger partial charge < -0.3 is 15.7 Å². The van der Waals surface area contributed by atoms with E-state index in [1.165, 1.54) is 19.4 Å². The van der Waals surface area contributed by atoms with Crippen molar-refractivity contribution in [2.75, 3.05) is 39.3 Å². The number of rotatable bonds is 7. The van der Waals surface area contributed by atoms with Crippen LogP contribution < -0.4 is 5.73 Å². The van der Waals surface area contributed by atoms with E-state index >= 15 is 0 Å². The molecule has 1 aliphatic heterocycles. The van der Waals surface area contributed by atoms with Gasteiger partial charge in [-0.15, -0.1) is 0 Å². The Morgan fingerprint density at radius 1 is 1.22 bits per heavy atom. The number of aliphatic hydroxyl groups is 1. The minimum atomic E-state index is 0.120. The Morgan fingerprint density at radius 2 is 1.89 bits per heavy atom. The van der Waals surface area contributed by atoms with Gasteiger partial charge >= 0.3 is 0 Å². The molecule has 2 unspecified atom stereocenters. The van der Waals surface area contributed by atoms with Crippen molar-refractivity contribution in [1.82, 2.24) is 9.80 Å². The smallest absolute Gasteiger partial charge is 0.0601 e. The summed E-state index contributed by atoms with van der Waals surface area (Å²) >= 11 is 0. The van der Waals surface area contributed by atoms with Crippen LogP contribution in [0.1, 0.15) is 32.6 Å². The average Bonchev–Trinajstić information content (AvgIpc) is 3.16. The Hall–Kier alpha value is -0.160. The monoisotopic (exact) mass is 255 g/mol. The molecule has 0 aromatic carbocycles. The molecule has 1 saturated heterocycles. The highest BCUT2D eigenvalue weighted by atomic mass is 16.3. The first kappa shape index (κ1) is 14.3. The first-order valence-corrected chi connectivity index (χ1v) is 7.57. The number of hydrogen-bond donors (Lipinski definition) is 2. The van der Waals surface area contributed by atoms with Gasteiger partial charge in [0.05, 0.1) is 6.61 Å². The van der Waals surface area contributed by atoms with Crippen LogP contribution in [-0.4, -0.2) is 66.3 Å². The second-order valence-electron chi connectivity index (χ2n) is 5.98. The number of hydrogen-bond acceptors (Lipinski definition) is 4. The fourth-order valence-electron chi connectivity index (χ4n) is 2.99. The number of nitrogens with zero attached hydrogens (tertiary/aromatic N) is 2. The van der Waals surface area contributed by atoms with E-state index in [0.717, 1.165) is 44.9 Å². The normalized spacial score (nSPS) is 26.2. The topological polar surface area (TPSA) is 52.7 Å². The van der Waals surface area contributed by atoms with Gasteiger partial charge in [-0.3, -0.25) is 4.90 Å². The summed E-state index contributed by atoms with van der Waals surface area (Å²) in [5, 5.41) is 9.56. The van der Waals surface area contributed by atoms with Crippen LogP contribution >= 0.6 is 0 Å². The van der Waals surface area contributed by atoms with Gasteiger partial charge in [-0.1, -0.05) is 13.3 Å². The lowest BCUT2D eigenvalue weighted by molar-refractivity contribution is 0.0504. The Morgan fingerprint density at radius 3 is 2.39 bits per heavy atom. The van der Waals surface area contributed by atoms with E-state index in [-0.39, 0.29) is 18.7 Å². The summed E-state index contributed by atoms with van der Waals surface area (Å²) in [7, 11) is 0. The third-order valence-corrected chi connectivity index (χ3v) is 4.39. The highest BCUT2D eigenvalue weighted by molar-refractivity contribution is 4.86. The second-order valence-corrected chi connectivity index (χ2v) is 5.98. The van der Waals surface area contributed by atoms with Gasteiger partial charge in [-0.05, 0) is 25.2 Å². The Kier molecular flexibility index (Phi) is 5.42. The van der Waals surface area contributed by atoms with Gasteiger partial charge in [0.15, 0.2) is 0 Å². The minimum Gasteiger partial charge on any atom is -0.395 e. The zero-order valence-corrected chi connectivity index (χ0v) is 11.7. The van der Waals surface area contributed by atoms with Gasteiger partial charge in [0.25, 0.3) is 0 Å². The molecule has 0 radical (unpaired) electrons. The summed E-state index contributed by atoms with van der Waals surface area (Å²) in [5.41, 5.74) is 6.18. The summed E-state index contributed by atoms with van der Waals surface area (Å²) in [6, 6.07) is 0.281. The molecule has 2 atom stereocenters. The van der Waals surface area contributed by atoms with Crippen LogP contribution in [0.25, 0.3) is 0 Å². The molecule has 1 aliphatic carbocycles. The van der Waals surface area contributed by atoms with Crippen LogP contribution in [0, 0.1) is 5.92 Å². The molecule has 4 heteroatoms. The molecule has 4 nitrogen and oxygen atoms in total. The van der Waals surface area contributed by atoms with Crippen molar-refractivity contribution in [1.29, 1.82) is 0 Å². The summed E-state index contributed by atoms with van der Waals surface area (Å²) in [6.07, 6.45) is 4.97. The molecule has 2 fully saturated rings. The quantitative estimate of drug-likeness (QED) is 0.696. The molecular formula is C14H29N3O. The molecule has 1 saturated carbocycles. The van der Waals surface area contributed by atoms with Gasteiger partial charge in [-0.25, -0.2) is 0 Å². The summed E-state index contributed by atoms with van der Waals surface area (Å²) in [5.74, 6) is 0.979. The van der Waals surface area contributed by atoms with Crippen LogP contribution in [0.3, 0.4) is 0 Å². The lowest BCUT2D eigenvalue weighted by Crippen LogP contribution is -2.57. The van der Waals surface area contributed by atoms with Crippen LogP contribution in [0.15, 0.2) is 0 Å². The largest absolute Gasteiger partial charge is 0.395 e. The van der Waals surface area contributed by atoms with Crippen molar-refractivity contribution in [2.24, 2.45) is 11.7 Å². The molecule has 3 N–H and O–H groups in total. The lowest BCUT2D eigenvalue weighted by Gasteiger charge is -2.40. The van der Waals surface area contributed by atoms with E-state index in [2.05, 4.69) is 16.7 Å².